The van der Waals surface area contributed by atoms with Gasteiger partial charge in [-0.05, 0) is 18.1 Å². The van der Waals surface area contributed by atoms with E-state index in [2.05, 4.69) is 0 Å². The van der Waals surface area contributed by atoms with Crippen molar-refractivity contribution in [2.45, 2.75) is 19.3 Å². The van der Waals surface area contributed by atoms with E-state index in [0.717, 1.165) is 0 Å². The topological polar surface area (TPSA) is 40.1 Å². The smallest absolute Gasteiger partial charge is 0.0630 e. The lowest BCUT2D eigenvalue weighted by Gasteiger charge is -2.18. The first kappa shape index (κ1) is 11.3. The normalized spacial score (nSPS) is 12.5. The van der Waals surface area contributed by atoms with Crippen molar-refractivity contribution in [3.8, 4) is 0 Å². The van der Waals surface area contributed by atoms with Gasteiger partial charge in [-0.1, -0.05) is 42.3 Å². The maximum atomic E-state index is 10.8. The van der Waals surface area contributed by atoms with Crippen LogP contribution in [0.1, 0.15) is 24.8 Å². The summed E-state index contributed by atoms with van der Waals surface area (Å²) in [5.41, 5.74) is 0.515. The molecule has 0 saturated carbocycles. The highest BCUT2D eigenvalue weighted by Crippen LogP contribution is 2.32. The average molecular weight is 232 g/mol. The van der Waals surface area contributed by atoms with Gasteiger partial charge in [0.1, 0.15) is 0 Å². The van der Waals surface area contributed by atoms with Gasteiger partial charge in [-0.15, -0.1) is 0 Å². The highest BCUT2D eigenvalue weighted by atomic mass is 35.5. The van der Waals surface area contributed by atoms with Crippen LogP contribution in [-0.2, 0) is 4.79 Å². The van der Waals surface area contributed by atoms with Crippen LogP contribution in [0.4, 0.5) is 0 Å². The predicted octanol–water partition coefficient (Wildman–Crippen LogP) is 2.24. The fourth-order valence-corrected chi connectivity index (χ4v) is 1.74. The van der Waals surface area contributed by atoms with Crippen molar-refractivity contribution in [3.05, 3.63) is 33.8 Å². The summed E-state index contributed by atoms with van der Waals surface area (Å²) in [6, 6.07) is 4.95. The quantitative estimate of drug-likeness (QED) is 0.801. The van der Waals surface area contributed by atoms with E-state index in [4.69, 9.17) is 23.2 Å². The van der Waals surface area contributed by atoms with Gasteiger partial charge >= 0.3 is 0 Å². The molecule has 4 heteroatoms. The van der Waals surface area contributed by atoms with Crippen molar-refractivity contribution in [2.75, 3.05) is 0 Å². The van der Waals surface area contributed by atoms with Gasteiger partial charge in [-0.3, -0.25) is 0 Å². The van der Waals surface area contributed by atoms with Gasteiger partial charge in [-0.2, -0.15) is 0 Å². The molecule has 1 aromatic carbocycles. The molecule has 0 aliphatic rings. The van der Waals surface area contributed by atoms with Crippen molar-refractivity contribution in [3.63, 3.8) is 0 Å². The molecule has 0 spiro atoms. The number of hydrogen-bond acceptors (Lipinski definition) is 2. The molecular weight excluding hydrogens is 223 g/mol. The summed E-state index contributed by atoms with van der Waals surface area (Å²) in [6.45, 7) is 1.76. The van der Waals surface area contributed by atoms with E-state index in [9.17, 15) is 9.90 Å². The Morgan fingerprint density at radius 3 is 2.64 bits per heavy atom. The number of hydrogen-bond donors (Lipinski definition) is 0. The molecule has 1 atom stereocenters. The molecule has 14 heavy (non-hydrogen) atoms. The summed E-state index contributed by atoms with van der Waals surface area (Å²) in [5.74, 6) is -1.82. The van der Waals surface area contributed by atoms with Crippen molar-refractivity contribution in [2.24, 2.45) is 0 Å². The molecule has 0 bridgehead atoms. The number of carboxylic acid groups (broad SMARTS) is 1. The number of rotatable bonds is 3. The lowest BCUT2D eigenvalue weighted by molar-refractivity contribution is -0.308. The van der Waals surface area contributed by atoms with Crippen LogP contribution in [0.2, 0.25) is 10.0 Å². The van der Waals surface area contributed by atoms with E-state index in [0.29, 0.717) is 22.0 Å². The maximum absolute atomic E-state index is 10.8. The molecular formula is C10H9Cl2O2-. The van der Waals surface area contributed by atoms with Gasteiger partial charge in [0.05, 0.1) is 10.0 Å². The minimum Gasteiger partial charge on any atom is -0.549 e. The molecule has 1 rings (SSSR count). The van der Waals surface area contributed by atoms with Gasteiger partial charge in [0.15, 0.2) is 0 Å². The third-order valence-corrected chi connectivity index (χ3v) is 2.88. The Morgan fingerprint density at radius 2 is 2.14 bits per heavy atom. The Balaban J connectivity index is 3.16. The zero-order chi connectivity index (χ0) is 10.7. The molecule has 0 fully saturated rings. The lowest BCUT2D eigenvalue weighted by atomic mass is 9.97. The highest BCUT2D eigenvalue weighted by Gasteiger charge is 2.15. The summed E-state index contributed by atoms with van der Waals surface area (Å²) in [4.78, 5) is 10.8. The predicted molar refractivity (Wildman–Crippen MR) is 54.5 cm³/mol. The van der Waals surface area contributed by atoms with Crippen molar-refractivity contribution < 1.29 is 9.90 Å². The Morgan fingerprint density at radius 1 is 1.50 bits per heavy atom. The standard InChI is InChI=1S/C10H10Cl2O2/c1-2-6(10(13)14)7-4-3-5-8(11)9(7)12/h3-6H,2H2,1H3,(H,13,14)/p-1. The third kappa shape index (κ3) is 2.20. The third-order valence-electron chi connectivity index (χ3n) is 2.05. The summed E-state index contributed by atoms with van der Waals surface area (Å²) in [5, 5.41) is 11.4. The van der Waals surface area contributed by atoms with Gasteiger partial charge in [0, 0.05) is 11.9 Å². The van der Waals surface area contributed by atoms with Crippen LogP contribution in [-0.4, -0.2) is 5.97 Å². The minimum atomic E-state index is -1.13. The number of carboxylic acids is 1. The van der Waals surface area contributed by atoms with Crippen molar-refractivity contribution >= 4 is 29.2 Å². The first-order valence-electron chi connectivity index (χ1n) is 4.22. The SMILES string of the molecule is CCC(C(=O)[O-])c1cccc(Cl)c1Cl. The zero-order valence-electron chi connectivity index (χ0n) is 7.59. The molecule has 0 radical (unpaired) electrons. The van der Waals surface area contributed by atoms with Gasteiger partial charge in [-0.25, -0.2) is 0 Å². The fraction of sp³-hybridized carbons (Fsp3) is 0.300. The molecule has 0 saturated heterocycles. The molecule has 0 heterocycles. The Bertz CT molecular complexity index is 350. The Kier molecular flexibility index (Phi) is 3.78. The van der Waals surface area contributed by atoms with Crippen LogP contribution in [0.5, 0.6) is 0 Å². The zero-order valence-corrected chi connectivity index (χ0v) is 9.10. The van der Waals surface area contributed by atoms with Crippen LogP contribution >= 0.6 is 23.2 Å². The number of carbonyl (C=O) groups is 1. The average Bonchev–Trinajstić information content (AvgIpc) is 2.13. The van der Waals surface area contributed by atoms with Crippen LogP contribution < -0.4 is 5.11 Å². The maximum Gasteiger partial charge on any atom is 0.0630 e. The Hall–Kier alpha value is -0.730. The summed E-state index contributed by atoms with van der Waals surface area (Å²) < 4.78 is 0. The van der Waals surface area contributed by atoms with E-state index in [1.807, 2.05) is 0 Å². The van der Waals surface area contributed by atoms with Crippen LogP contribution in [0.3, 0.4) is 0 Å². The van der Waals surface area contributed by atoms with Crippen molar-refractivity contribution in [1.82, 2.24) is 0 Å². The molecule has 2 nitrogen and oxygen atoms in total. The van der Waals surface area contributed by atoms with E-state index in [-0.39, 0.29) is 0 Å². The van der Waals surface area contributed by atoms with Gasteiger partial charge in [0.2, 0.25) is 0 Å². The first-order chi connectivity index (χ1) is 6.57. The second kappa shape index (κ2) is 4.67. The van der Waals surface area contributed by atoms with Gasteiger partial charge in [0.25, 0.3) is 0 Å². The number of halogens is 2. The van der Waals surface area contributed by atoms with E-state index >= 15 is 0 Å². The summed E-state index contributed by atoms with van der Waals surface area (Å²) in [6.07, 6.45) is 0.433. The summed E-state index contributed by atoms with van der Waals surface area (Å²) >= 11 is 11.7. The minimum absolute atomic E-state index is 0.296. The monoisotopic (exact) mass is 231 g/mol. The highest BCUT2D eigenvalue weighted by molar-refractivity contribution is 6.42. The largest absolute Gasteiger partial charge is 0.549 e. The molecule has 0 amide bonds. The fourth-order valence-electron chi connectivity index (χ4n) is 1.30. The van der Waals surface area contributed by atoms with E-state index in [1.165, 1.54) is 0 Å². The van der Waals surface area contributed by atoms with Crippen LogP contribution in [0, 0.1) is 0 Å². The first-order valence-corrected chi connectivity index (χ1v) is 4.98. The number of aliphatic carboxylic acids is 1. The second-order valence-electron chi connectivity index (χ2n) is 2.92. The molecule has 76 valence electrons. The Labute approximate surface area is 92.5 Å². The number of carbonyl (C=O) groups excluding carboxylic acids is 1. The number of benzene rings is 1. The summed E-state index contributed by atoms with van der Waals surface area (Å²) in [7, 11) is 0. The van der Waals surface area contributed by atoms with Crippen LogP contribution in [0.25, 0.3) is 0 Å². The molecule has 0 aliphatic carbocycles. The molecule has 1 unspecified atom stereocenters. The van der Waals surface area contributed by atoms with Crippen LogP contribution in [0.15, 0.2) is 18.2 Å². The molecule has 0 N–H and O–H groups in total. The van der Waals surface area contributed by atoms with Gasteiger partial charge < -0.3 is 9.90 Å². The molecule has 0 aliphatic heterocycles. The second-order valence-corrected chi connectivity index (χ2v) is 3.71. The molecule has 1 aromatic rings. The van der Waals surface area contributed by atoms with Crippen molar-refractivity contribution in [1.29, 1.82) is 0 Å². The lowest BCUT2D eigenvalue weighted by Crippen LogP contribution is -2.29. The van der Waals surface area contributed by atoms with E-state index < -0.39 is 11.9 Å². The van der Waals surface area contributed by atoms with E-state index in [1.54, 1.807) is 25.1 Å². The molecule has 0 aromatic heterocycles.